The molecule has 50 valence electrons. The van der Waals surface area contributed by atoms with E-state index in [1.807, 2.05) is 20.8 Å². The van der Waals surface area contributed by atoms with Crippen molar-refractivity contribution in [3.63, 3.8) is 0 Å². The van der Waals surface area contributed by atoms with Crippen LogP contribution in [0.15, 0.2) is 0 Å². The summed E-state index contributed by atoms with van der Waals surface area (Å²) in [6.45, 7) is 5.76. The van der Waals surface area contributed by atoms with Gasteiger partial charge in [-0.3, -0.25) is 0 Å². The van der Waals surface area contributed by atoms with E-state index in [-0.39, 0.29) is 4.75 Å². The zero-order valence-corrected chi connectivity index (χ0v) is 6.42. The van der Waals surface area contributed by atoms with Gasteiger partial charge in [-0.15, -0.1) is 0 Å². The third-order valence-electron chi connectivity index (χ3n) is 1.40. The molecule has 0 aliphatic rings. The van der Waals surface area contributed by atoms with Crippen molar-refractivity contribution in [1.29, 1.82) is 0 Å². The van der Waals surface area contributed by atoms with Gasteiger partial charge in [0.1, 0.15) is 4.75 Å². The number of rotatable bonds is 2. The molecule has 0 aromatic heterocycles. The fraction of sp³-hybridized carbons (Fsp3) is 1.00. The van der Waals surface area contributed by atoms with Crippen LogP contribution in [0.2, 0.25) is 0 Å². The molecule has 2 N–H and O–H groups in total. The highest BCUT2D eigenvalue weighted by Crippen LogP contribution is 2.15. The first-order valence-electron chi connectivity index (χ1n) is 2.67. The maximum absolute atomic E-state index is 10.6. The number of hydrogen-bond donors (Lipinski definition) is 1. The molecule has 3 heteroatoms. The Morgan fingerprint density at radius 3 is 2.00 bits per heavy atom. The highest BCUT2D eigenvalue weighted by Gasteiger charge is 2.26. The van der Waals surface area contributed by atoms with Gasteiger partial charge < -0.3 is 4.55 Å². The summed E-state index contributed by atoms with van der Waals surface area (Å²) in [4.78, 5) is 0. The van der Waals surface area contributed by atoms with Crippen LogP contribution in [0, 0.1) is 0 Å². The Kier molecular flexibility index (Phi) is 2.80. The molecule has 0 heterocycles. The predicted molar refractivity (Wildman–Crippen MR) is 36.7 cm³/mol. The lowest BCUT2D eigenvalue weighted by molar-refractivity contribution is 0.539. The molecule has 2 nitrogen and oxygen atoms in total. The van der Waals surface area contributed by atoms with Crippen LogP contribution < -0.4 is 5.14 Å². The molecule has 0 saturated carbocycles. The molecule has 0 aromatic rings. The molecule has 0 saturated heterocycles. The molecule has 1 atom stereocenters. The second-order valence-corrected chi connectivity index (χ2v) is 4.11. The smallest absolute Gasteiger partial charge is 0.139 e. The van der Waals surface area contributed by atoms with Crippen LogP contribution in [-0.4, -0.2) is 9.30 Å². The van der Waals surface area contributed by atoms with Gasteiger partial charge in [0.15, 0.2) is 0 Å². The lowest BCUT2D eigenvalue weighted by atomic mass is 10.1. The monoisotopic (exact) mass is 135 g/mol. The van der Waals surface area contributed by atoms with Crippen LogP contribution in [0.3, 0.4) is 0 Å². The number of nitrogens with two attached hydrogens (primary N) is 1. The van der Waals surface area contributed by atoms with Crippen LogP contribution in [0.1, 0.15) is 27.2 Å². The first-order valence-corrected chi connectivity index (χ1v) is 3.88. The van der Waals surface area contributed by atoms with Gasteiger partial charge in [-0.05, 0) is 20.3 Å². The molecule has 0 aromatic carbocycles. The van der Waals surface area contributed by atoms with Crippen molar-refractivity contribution in [2.24, 2.45) is 5.14 Å². The summed E-state index contributed by atoms with van der Waals surface area (Å²) in [6, 6.07) is 0. The lowest BCUT2D eigenvalue weighted by Gasteiger charge is -2.21. The highest BCUT2D eigenvalue weighted by molar-refractivity contribution is 7.90. The normalized spacial score (nSPS) is 16.1. The third-order valence-corrected chi connectivity index (χ3v) is 2.77. The van der Waals surface area contributed by atoms with Crippen LogP contribution >= 0.6 is 0 Å². The van der Waals surface area contributed by atoms with Crippen LogP contribution in [-0.2, 0) is 11.4 Å². The first kappa shape index (κ1) is 8.27. The van der Waals surface area contributed by atoms with E-state index in [9.17, 15) is 4.55 Å². The molecule has 1 unspecified atom stereocenters. The van der Waals surface area contributed by atoms with Gasteiger partial charge in [-0.1, -0.05) is 6.92 Å². The zero-order chi connectivity index (χ0) is 6.78. The molecule has 0 fully saturated rings. The SMILES string of the molecule is CCC(C)(C)[S+](N)[O-]. The van der Waals surface area contributed by atoms with Gasteiger partial charge in [-0.2, -0.15) is 5.14 Å². The molecule has 0 aliphatic carbocycles. The molecule has 0 spiro atoms. The Morgan fingerprint density at radius 1 is 1.62 bits per heavy atom. The summed E-state index contributed by atoms with van der Waals surface area (Å²) >= 11 is -1.18. The second kappa shape index (κ2) is 2.71. The van der Waals surface area contributed by atoms with Gasteiger partial charge in [-0.25, -0.2) is 0 Å². The van der Waals surface area contributed by atoms with Crippen molar-refractivity contribution in [2.45, 2.75) is 31.9 Å². The minimum atomic E-state index is -1.18. The largest absolute Gasteiger partial charge is 0.598 e. The average Bonchev–Trinajstić information content (AvgIpc) is 1.67. The van der Waals surface area contributed by atoms with Crippen molar-refractivity contribution in [3.05, 3.63) is 0 Å². The molecular formula is C5H13NOS. The maximum Gasteiger partial charge on any atom is 0.139 e. The Balaban J connectivity index is 3.71. The Labute approximate surface area is 53.8 Å². The van der Waals surface area contributed by atoms with Gasteiger partial charge in [0.25, 0.3) is 0 Å². The Morgan fingerprint density at radius 2 is 2.00 bits per heavy atom. The maximum atomic E-state index is 10.6. The Hall–Kier alpha value is 0.270. The van der Waals surface area contributed by atoms with Gasteiger partial charge >= 0.3 is 0 Å². The summed E-state index contributed by atoms with van der Waals surface area (Å²) in [5.74, 6) is 0. The summed E-state index contributed by atoms with van der Waals surface area (Å²) in [5, 5.41) is 5.15. The molecular weight excluding hydrogens is 122 g/mol. The van der Waals surface area contributed by atoms with E-state index in [4.69, 9.17) is 5.14 Å². The van der Waals surface area contributed by atoms with Crippen LogP contribution in [0.5, 0.6) is 0 Å². The first-order chi connectivity index (χ1) is 3.50. The third kappa shape index (κ3) is 2.03. The van der Waals surface area contributed by atoms with Gasteiger partial charge in [0.05, 0.1) is 0 Å². The summed E-state index contributed by atoms with van der Waals surface area (Å²) in [5.41, 5.74) is 0. The zero-order valence-electron chi connectivity index (χ0n) is 5.60. The summed E-state index contributed by atoms with van der Waals surface area (Å²) < 4.78 is 10.4. The molecule has 0 radical (unpaired) electrons. The Bertz CT molecular complexity index is 72.8. The fourth-order valence-electron chi connectivity index (χ4n) is 0.142. The van der Waals surface area contributed by atoms with Crippen molar-refractivity contribution in [2.75, 3.05) is 0 Å². The molecule has 0 aliphatic heterocycles. The van der Waals surface area contributed by atoms with E-state index < -0.39 is 11.4 Å². The van der Waals surface area contributed by atoms with E-state index in [0.717, 1.165) is 6.42 Å². The van der Waals surface area contributed by atoms with Crippen molar-refractivity contribution >= 4 is 11.4 Å². The van der Waals surface area contributed by atoms with Gasteiger partial charge in [0.2, 0.25) is 0 Å². The lowest BCUT2D eigenvalue weighted by Crippen LogP contribution is -2.36. The standard InChI is InChI=1S/C5H13NOS/c1-4-5(2,3)8(6)7/h4,6H2,1-3H3. The van der Waals surface area contributed by atoms with Crippen molar-refractivity contribution in [3.8, 4) is 0 Å². The van der Waals surface area contributed by atoms with E-state index in [1.54, 1.807) is 0 Å². The minimum Gasteiger partial charge on any atom is -0.598 e. The van der Waals surface area contributed by atoms with E-state index >= 15 is 0 Å². The van der Waals surface area contributed by atoms with Crippen LogP contribution in [0.25, 0.3) is 0 Å². The van der Waals surface area contributed by atoms with E-state index in [2.05, 4.69) is 0 Å². The quantitative estimate of drug-likeness (QED) is 0.569. The molecule has 0 amide bonds. The highest BCUT2D eigenvalue weighted by atomic mass is 32.2. The van der Waals surface area contributed by atoms with Crippen molar-refractivity contribution in [1.82, 2.24) is 0 Å². The molecule has 8 heavy (non-hydrogen) atoms. The topological polar surface area (TPSA) is 49.1 Å². The van der Waals surface area contributed by atoms with Crippen LogP contribution in [0.4, 0.5) is 0 Å². The van der Waals surface area contributed by atoms with E-state index in [1.165, 1.54) is 0 Å². The van der Waals surface area contributed by atoms with Gasteiger partial charge in [0, 0.05) is 11.4 Å². The minimum absolute atomic E-state index is 0.208. The van der Waals surface area contributed by atoms with E-state index in [0.29, 0.717) is 0 Å². The number of hydrogen-bond acceptors (Lipinski definition) is 2. The summed E-state index contributed by atoms with van der Waals surface area (Å²) in [7, 11) is 0. The fourth-order valence-corrected chi connectivity index (χ4v) is 0.427. The van der Waals surface area contributed by atoms with Crippen molar-refractivity contribution < 1.29 is 4.55 Å². The molecule has 0 rings (SSSR count). The average molecular weight is 135 g/mol. The predicted octanol–water partition coefficient (Wildman–Crippen LogP) is 0.797. The second-order valence-electron chi connectivity index (χ2n) is 2.41. The molecule has 0 bridgehead atoms. The summed E-state index contributed by atoms with van der Waals surface area (Å²) in [6.07, 6.45) is 0.857.